The van der Waals surface area contributed by atoms with E-state index >= 15 is 0 Å². The Morgan fingerprint density at radius 2 is 2.22 bits per heavy atom. The molecular formula is C8H13Li. The summed E-state index contributed by atoms with van der Waals surface area (Å²) >= 11 is 0. The van der Waals surface area contributed by atoms with Gasteiger partial charge in [0.15, 0.2) is 0 Å². The smallest absolute Gasteiger partial charge is 1.00 e. The van der Waals surface area contributed by atoms with Gasteiger partial charge < -0.3 is 1.43 Å². The van der Waals surface area contributed by atoms with E-state index < -0.39 is 0 Å². The molecular weight excluding hydrogens is 103 g/mol. The van der Waals surface area contributed by atoms with Gasteiger partial charge in [-0.25, -0.2) is 0 Å². The van der Waals surface area contributed by atoms with E-state index in [1.54, 1.807) is 5.57 Å². The number of hydrogen-bond donors (Lipinski definition) is 0. The van der Waals surface area contributed by atoms with Crippen LogP contribution in [0.2, 0.25) is 0 Å². The molecule has 0 bridgehead atoms. The number of allylic oxidation sites excluding steroid dienone is 4. The van der Waals surface area contributed by atoms with Crippen LogP contribution in [0.4, 0.5) is 0 Å². The minimum atomic E-state index is 0. The molecule has 0 aromatic carbocycles. The molecule has 0 saturated heterocycles. The molecule has 0 N–H and O–H groups in total. The van der Waals surface area contributed by atoms with Crippen molar-refractivity contribution in [3.8, 4) is 0 Å². The molecule has 46 valence electrons. The molecule has 0 fully saturated rings. The fraction of sp³-hybridized carbons (Fsp3) is 0.500. The molecule has 0 aromatic heterocycles. The van der Waals surface area contributed by atoms with Gasteiger partial charge in [-0.2, -0.15) is 0 Å². The van der Waals surface area contributed by atoms with Crippen molar-refractivity contribution >= 4 is 0 Å². The van der Waals surface area contributed by atoms with Gasteiger partial charge in [0.2, 0.25) is 0 Å². The molecule has 0 atom stereocenters. The van der Waals surface area contributed by atoms with Gasteiger partial charge in [-0.15, -0.1) is 0 Å². The zero-order chi connectivity index (χ0) is 5.98. The van der Waals surface area contributed by atoms with Crippen molar-refractivity contribution in [1.29, 1.82) is 0 Å². The normalized spacial score (nSPS) is 15.7. The standard InChI is InChI=1S/C8H12.Li.H/c1-7(2)8-5-3-4-6-8;;/h3-5,7H,6H2,1-2H3;;/q;+1;-1. The van der Waals surface area contributed by atoms with Gasteiger partial charge in [0, 0.05) is 0 Å². The van der Waals surface area contributed by atoms with Crippen LogP contribution in [0.5, 0.6) is 0 Å². The van der Waals surface area contributed by atoms with Crippen LogP contribution in [0.15, 0.2) is 23.8 Å². The molecule has 1 aliphatic carbocycles. The summed E-state index contributed by atoms with van der Waals surface area (Å²) in [5.41, 5.74) is 1.56. The zero-order valence-electron chi connectivity index (χ0n) is 7.52. The first-order chi connectivity index (χ1) is 3.80. The monoisotopic (exact) mass is 116 g/mol. The Morgan fingerprint density at radius 3 is 2.44 bits per heavy atom. The van der Waals surface area contributed by atoms with Crippen LogP contribution in [0.3, 0.4) is 0 Å². The van der Waals surface area contributed by atoms with Crippen LogP contribution in [0.1, 0.15) is 21.7 Å². The van der Waals surface area contributed by atoms with Gasteiger partial charge in [-0.3, -0.25) is 0 Å². The summed E-state index contributed by atoms with van der Waals surface area (Å²) in [5, 5.41) is 0. The predicted molar refractivity (Wildman–Crippen MR) is 37.8 cm³/mol. The largest absolute Gasteiger partial charge is 1.00 e. The van der Waals surface area contributed by atoms with Crippen molar-refractivity contribution in [1.82, 2.24) is 0 Å². The first-order valence-corrected chi connectivity index (χ1v) is 3.16. The fourth-order valence-electron chi connectivity index (χ4n) is 0.892. The quantitative estimate of drug-likeness (QED) is 0.411. The molecule has 9 heavy (non-hydrogen) atoms. The second-order valence-electron chi connectivity index (χ2n) is 2.53. The van der Waals surface area contributed by atoms with Gasteiger partial charge in [0.1, 0.15) is 0 Å². The molecule has 0 aromatic rings. The van der Waals surface area contributed by atoms with Gasteiger partial charge in [0.05, 0.1) is 0 Å². The molecule has 0 amide bonds. The molecule has 0 heterocycles. The third kappa shape index (κ3) is 2.43. The van der Waals surface area contributed by atoms with Gasteiger partial charge in [-0.05, 0) is 12.3 Å². The average Bonchev–Trinajstić information content (AvgIpc) is 2.12. The zero-order valence-corrected chi connectivity index (χ0v) is 6.52. The Kier molecular flexibility index (Phi) is 4.02. The fourth-order valence-corrected chi connectivity index (χ4v) is 0.892. The third-order valence-electron chi connectivity index (χ3n) is 1.54. The minimum absolute atomic E-state index is 0. The summed E-state index contributed by atoms with van der Waals surface area (Å²) in [6.07, 6.45) is 7.73. The molecule has 0 saturated carbocycles. The Labute approximate surface area is 70.7 Å². The summed E-state index contributed by atoms with van der Waals surface area (Å²) < 4.78 is 0. The first kappa shape index (κ1) is 9.08. The molecule has 0 aliphatic heterocycles. The molecule has 0 unspecified atom stereocenters. The summed E-state index contributed by atoms with van der Waals surface area (Å²) in [6.45, 7) is 4.47. The van der Waals surface area contributed by atoms with Crippen molar-refractivity contribution in [2.24, 2.45) is 5.92 Å². The van der Waals surface area contributed by atoms with E-state index in [4.69, 9.17) is 0 Å². The van der Waals surface area contributed by atoms with Crippen LogP contribution < -0.4 is 18.9 Å². The van der Waals surface area contributed by atoms with E-state index in [-0.39, 0.29) is 20.3 Å². The van der Waals surface area contributed by atoms with Gasteiger partial charge in [-0.1, -0.05) is 37.6 Å². The number of hydrogen-bond acceptors (Lipinski definition) is 0. The van der Waals surface area contributed by atoms with E-state index in [1.165, 1.54) is 6.42 Å². The van der Waals surface area contributed by atoms with Crippen molar-refractivity contribution in [3.63, 3.8) is 0 Å². The first-order valence-electron chi connectivity index (χ1n) is 3.16. The van der Waals surface area contributed by atoms with E-state index in [1.807, 2.05) is 0 Å². The van der Waals surface area contributed by atoms with Gasteiger partial charge in [0.25, 0.3) is 0 Å². The van der Waals surface area contributed by atoms with E-state index in [9.17, 15) is 0 Å². The van der Waals surface area contributed by atoms with Crippen molar-refractivity contribution in [2.45, 2.75) is 20.3 Å². The summed E-state index contributed by atoms with van der Waals surface area (Å²) in [6, 6.07) is 0. The SMILES string of the molecule is CC(C)C1=CC=CC1.[H-].[Li+]. The summed E-state index contributed by atoms with van der Waals surface area (Å²) in [7, 11) is 0. The minimum Gasteiger partial charge on any atom is -1.00 e. The molecule has 1 rings (SSSR count). The Hall–Kier alpha value is 0.0774. The maximum Gasteiger partial charge on any atom is 1.00 e. The topological polar surface area (TPSA) is 0 Å². The average molecular weight is 116 g/mol. The van der Waals surface area contributed by atoms with E-state index in [0.29, 0.717) is 0 Å². The second kappa shape index (κ2) is 3.98. The molecule has 1 heteroatoms. The van der Waals surface area contributed by atoms with Crippen LogP contribution in [0.25, 0.3) is 0 Å². The molecule has 0 spiro atoms. The van der Waals surface area contributed by atoms with Crippen LogP contribution >= 0.6 is 0 Å². The van der Waals surface area contributed by atoms with Gasteiger partial charge >= 0.3 is 18.9 Å². The van der Waals surface area contributed by atoms with Crippen LogP contribution in [-0.4, -0.2) is 0 Å². The maximum atomic E-state index is 2.23. The summed E-state index contributed by atoms with van der Waals surface area (Å²) in [4.78, 5) is 0. The van der Waals surface area contributed by atoms with Crippen LogP contribution in [0, 0.1) is 5.92 Å². The van der Waals surface area contributed by atoms with Crippen molar-refractivity contribution in [3.05, 3.63) is 23.8 Å². The maximum absolute atomic E-state index is 2.23. The Bertz CT molecular complexity index is 136. The predicted octanol–water partition coefficient (Wildman–Crippen LogP) is -0.355. The second-order valence-corrected chi connectivity index (χ2v) is 2.53. The van der Waals surface area contributed by atoms with Crippen molar-refractivity contribution in [2.75, 3.05) is 0 Å². The number of rotatable bonds is 1. The van der Waals surface area contributed by atoms with Crippen LogP contribution in [-0.2, 0) is 0 Å². The molecule has 0 nitrogen and oxygen atoms in total. The molecule has 0 radical (unpaired) electrons. The molecule has 1 aliphatic rings. The van der Waals surface area contributed by atoms with E-state index in [2.05, 4.69) is 32.1 Å². The third-order valence-corrected chi connectivity index (χ3v) is 1.54. The van der Waals surface area contributed by atoms with E-state index in [0.717, 1.165) is 5.92 Å². The summed E-state index contributed by atoms with van der Waals surface area (Å²) in [5.74, 6) is 0.741. The Balaban J connectivity index is 0. The Morgan fingerprint density at radius 1 is 1.56 bits per heavy atom. The van der Waals surface area contributed by atoms with Crippen molar-refractivity contribution < 1.29 is 20.3 Å².